The van der Waals surface area contributed by atoms with Crippen molar-refractivity contribution in [3.8, 4) is 16.9 Å². The molecule has 0 saturated carbocycles. The van der Waals surface area contributed by atoms with Crippen molar-refractivity contribution in [1.82, 2.24) is 20.0 Å². The Bertz CT molecular complexity index is 1330. The molecule has 0 bridgehead atoms. The number of hydrogen-bond donors (Lipinski definition) is 1. The number of hydrogen-bond acceptors (Lipinski definition) is 3. The first-order valence-corrected chi connectivity index (χ1v) is 12.9. The van der Waals surface area contributed by atoms with Crippen LogP contribution in [0.1, 0.15) is 35.7 Å². The normalized spacial score (nSPS) is 14.8. The van der Waals surface area contributed by atoms with Crippen molar-refractivity contribution in [2.75, 3.05) is 13.1 Å². The molecule has 0 radical (unpaired) electrons. The highest BCUT2D eigenvalue weighted by Gasteiger charge is 2.31. The van der Waals surface area contributed by atoms with Crippen molar-refractivity contribution in [3.63, 3.8) is 0 Å². The lowest BCUT2D eigenvalue weighted by atomic mass is 9.84. The molecule has 4 aromatic rings. The van der Waals surface area contributed by atoms with E-state index >= 15 is 0 Å². The van der Waals surface area contributed by atoms with E-state index in [1.165, 1.54) is 0 Å². The molecule has 2 heterocycles. The Hall–Kier alpha value is -4.19. The van der Waals surface area contributed by atoms with Crippen LogP contribution in [0, 0.1) is 11.8 Å². The minimum absolute atomic E-state index is 0.0133. The van der Waals surface area contributed by atoms with Crippen LogP contribution in [0.25, 0.3) is 16.9 Å². The van der Waals surface area contributed by atoms with E-state index in [0.29, 0.717) is 30.9 Å². The van der Waals surface area contributed by atoms with Crippen molar-refractivity contribution in [2.45, 2.75) is 26.3 Å². The number of nitrogens with one attached hydrogen (secondary N) is 1. The lowest BCUT2D eigenvalue weighted by Crippen LogP contribution is -2.42. The molecule has 3 aromatic carbocycles. The molecule has 0 unspecified atom stereocenters. The summed E-state index contributed by atoms with van der Waals surface area (Å²) in [5.41, 5.74) is 4.20. The van der Waals surface area contributed by atoms with Gasteiger partial charge in [0.05, 0.1) is 11.3 Å². The van der Waals surface area contributed by atoms with Gasteiger partial charge >= 0.3 is 0 Å². The topological polar surface area (TPSA) is 67.2 Å². The van der Waals surface area contributed by atoms with E-state index in [0.717, 1.165) is 29.7 Å². The Morgan fingerprint density at radius 2 is 1.49 bits per heavy atom. The number of rotatable bonds is 7. The maximum absolute atomic E-state index is 13.7. The zero-order valence-corrected chi connectivity index (χ0v) is 21.1. The number of nitrogens with zero attached hydrogens (tertiary/aromatic N) is 3. The zero-order chi connectivity index (χ0) is 25.6. The lowest BCUT2D eigenvalue weighted by Gasteiger charge is -2.34. The van der Waals surface area contributed by atoms with Crippen LogP contribution in [0.4, 0.5) is 0 Å². The maximum Gasteiger partial charge on any atom is 0.257 e. The van der Waals surface area contributed by atoms with E-state index in [-0.39, 0.29) is 23.7 Å². The van der Waals surface area contributed by atoms with Gasteiger partial charge in [-0.25, -0.2) is 4.68 Å². The van der Waals surface area contributed by atoms with Gasteiger partial charge < -0.3 is 10.2 Å². The second-order valence-electron chi connectivity index (χ2n) is 9.66. The van der Waals surface area contributed by atoms with Gasteiger partial charge in [0.1, 0.15) is 5.69 Å². The largest absolute Gasteiger partial charge is 0.352 e. The molecule has 37 heavy (non-hydrogen) atoms. The van der Waals surface area contributed by atoms with Crippen molar-refractivity contribution >= 4 is 11.8 Å². The van der Waals surface area contributed by atoms with Gasteiger partial charge in [0.15, 0.2) is 0 Å². The number of carbonyl (C=O) groups is 2. The minimum Gasteiger partial charge on any atom is -0.352 e. The molecule has 6 nitrogen and oxygen atoms in total. The third-order valence-corrected chi connectivity index (χ3v) is 7.27. The van der Waals surface area contributed by atoms with E-state index < -0.39 is 0 Å². The van der Waals surface area contributed by atoms with Crippen LogP contribution in [0.5, 0.6) is 0 Å². The number of benzene rings is 3. The zero-order valence-electron chi connectivity index (χ0n) is 21.1. The summed E-state index contributed by atoms with van der Waals surface area (Å²) >= 11 is 0. The van der Waals surface area contributed by atoms with Gasteiger partial charge in [-0.2, -0.15) is 5.10 Å². The number of amides is 2. The summed E-state index contributed by atoms with van der Waals surface area (Å²) in [5.74, 6) is 0.215. The Balaban J connectivity index is 1.26. The van der Waals surface area contributed by atoms with Gasteiger partial charge in [-0.1, -0.05) is 85.8 Å². The first-order valence-electron chi connectivity index (χ1n) is 12.9. The average molecular weight is 493 g/mol. The number of carbonyl (C=O) groups excluding carboxylic acids is 2. The molecule has 0 spiro atoms. The van der Waals surface area contributed by atoms with E-state index in [9.17, 15) is 9.59 Å². The summed E-state index contributed by atoms with van der Waals surface area (Å²) in [6, 6.07) is 29.6. The van der Waals surface area contributed by atoms with Gasteiger partial charge in [-0.15, -0.1) is 0 Å². The van der Waals surface area contributed by atoms with Crippen molar-refractivity contribution in [1.29, 1.82) is 0 Å². The van der Waals surface area contributed by atoms with Gasteiger partial charge in [-0.05, 0) is 36.5 Å². The lowest BCUT2D eigenvalue weighted by molar-refractivity contribution is -0.126. The highest BCUT2D eigenvalue weighted by Crippen LogP contribution is 2.29. The fourth-order valence-electron chi connectivity index (χ4n) is 4.99. The third-order valence-electron chi connectivity index (χ3n) is 7.27. The van der Waals surface area contributed by atoms with Gasteiger partial charge in [0, 0.05) is 37.3 Å². The molecule has 1 aliphatic heterocycles. The van der Waals surface area contributed by atoms with Crippen LogP contribution in [-0.2, 0) is 11.3 Å². The van der Waals surface area contributed by atoms with Crippen LogP contribution in [0.3, 0.4) is 0 Å². The summed E-state index contributed by atoms with van der Waals surface area (Å²) in [6.07, 6.45) is 3.45. The molecule has 188 valence electrons. The molecule has 1 atom stereocenters. The summed E-state index contributed by atoms with van der Waals surface area (Å²) in [5, 5.41) is 7.86. The SMILES string of the molecule is C[C@H](C(=O)NCc1ccccc1)C1CCN(C(=O)c2cn(-c3ccccc3)nc2-c2ccccc2)CC1. The summed E-state index contributed by atoms with van der Waals surface area (Å²) in [7, 11) is 0. The summed E-state index contributed by atoms with van der Waals surface area (Å²) in [4.78, 5) is 28.4. The van der Waals surface area contributed by atoms with Crippen LogP contribution in [-0.4, -0.2) is 39.6 Å². The molecule has 1 saturated heterocycles. The number of piperidine rings is 1. The van der Waals surface area contributed by atoms with Crippen LogP contribution in [0.15, 0.2) is 97.2 Å². The molecule has 5 rings (SSSR count). The van der Waals surface area contributed by atoms with E-state index in [1.807, 2.05) is 109 Å². The fraction of sp³-hybridized carbons (Fsp3) is 0.258. The highest BCUT2D eigenvalue weighted by atomic mass is 16.2. The van der Waals surface area contributed by atoms with Gasteiger partial charge in [0.2, 0.25) is 5.91 Å². The predicted molar refractivity (Wildman–Crippen MR) is 145 cm³/mol. The highest BCUT2D eigenvalue weighted by molar-refractivity contribution is 6.00. The first-order chi connectivity index (χ1) is 18.1. The second-order valence-corrected chi connectivity index (χ2v) is 9.66. The van der Waals surface area contributed by atoms with Gasteiger partial charge in [-0.3, -0.25) is 9.59 Å². The molecule has 1 fully saturated rings. The Kier molecular flexibility index (Phi) is 7.45. The Morgan fingerprint density at radius 3 is 2.14 bits per heavy atom. The predicted octanol–water partition coefficient (Wildman–Crippen LogP) is 5.34. The van der Waals surface area contributed by atoms with Gasteiger partial charge in [0.25, 0.3) is 5.91 Å². The monoisotopic (exact) mass is 492 g/mol. The molecular formula is C31H32N4O2. The maximum atomic E-state index is 13.7. The average Bonchev–Trinajstić information content (AvgIpc) is 3.42. The molecular weight excluding hydrogens is 460 g/mol. The van der Waals surface area contributed by atoms with Crippen molar-refractivity contribution < 1.29 is 9.59 Å². The third kappa shape index (κ3) is 5.64. The van der Waals surface area contributed by atoms with Crippen LogP contribution >= 0.6 is 0 Å². The first kappa shape index (κ1) is 24.5. The minimum atomic E-state index is -0.0957. The summed E-state index contributed by atoms with van der Waals surface area (Å²) < 4.78 is 1.78. The number of aromatic nitrogens is 2. The van der Waals surface area contributed by atoms with Crippen LogP contribution < -0.4 is 5.32 Å². The second kappa shape index (κ2) is 11.2. The standard InChI is InChI=1S/C31H32N4O2/c1-23(30(36)32-21-24-11-5-2-6-12-24)25-17-19-34(20-18-25)31(37)28-22-35(27-15-9-4-10-16-27)33-29(28)26-13-7-3-8-14-26/h2-16,22-23,25H,17-21H2,1H3,(H,32,36)/t23-/m0/s1. The van der Waals surface area contributed by atoms with Crippen molar-refractivity contribution in [3.05, 3.63) is 108 Å². The molecule has 0 aliphatic carbocycles. The molecule has 1 N–H and O–H groups in total. The number of likely N-dealkylation sites (tertiary alicyclic amines) is 1. The fourth-order valence-corrected chi connectivity index (χ4v) is 4.99. The number of para-hydroxylation sites is 1. The van der Waals surface area contributed by atoms with E-state index in [2.05, 4.69) is 5.32 Å². The Morgan fingerprint density at radius 1 is 0.892 bits per heavy atom. The summed E-state index contributed by atoms with van der Waals surface area (Å²) in [6.45, 7) is 3.80. The van der Waals surface area contributed by atoms with Crippen LogP contribution in [0.2, 0.25) is 0 Å². The molecule has 6 heteroatoms. The van der Waals surface area contributed by atoms with Crippen molar-refractivity contribution in [2.24, 2.45) is 11.8 Å². The smallest absolute Gasteiger partial charge is 0.257 e. The van der Waals surface area contributed by atoms with E-state index in [4.69, 9.17) is 5.10 Å². The molecule has 2 amide bonds. The molecule has 1 aromatic heterocycles. The Labute approximate surface area is 217 Å². The quantitative estimate of drug-likeness (QED) is 0.379. The molecule has 1 aliphatic rings. The van der Waals surface area contributed by atoms with E-state index in [1.54, 1.807) is 4.68 Å².